The summed E-state index contributed by atoms with van der Waals surface area (Å²) in [6.07, 6.45) is 1.54. The largest absolute Gasteiger partial charge is 0.497 e. The van der Waals surface area contributed by atoms with Crippen molar-refractivity contribution >= 4 is 44.0 Å². The first-order valence-corrected chi connectivity index (χ1v) is 8.62. The molecule has 2 rings (SSSR count). The van der Waals surface area contributed by atoms with Crippen molar-refractivity contribution in [1.29, 1.82) is 0 Å². The van der Waals surface area contributed by atoms with Crippen LogP contribution in [-0.4, -0.2) is 25.8 Å². The number of carbonyl (C=O) groups is 1. The van der Waals surface area contributed by atoms with Crippen molar-refractivity contribution in [3.8, 4) is 11.5 Å². The van der Waals surface area contributed by atoms with Crippen LogP contribution in [0.2, 0.25) is 0 Å². The minimum atomic E-state index is -0.344. The van der Waals surface area contributed by atoms with Gasteiger partial charge in [0.1, 0.15) is 11.5 Å². The maximum absolute atomic E-state index is 11.8. The summed E-state index contributed by atoms with van der Waals surface area (Å²) in [5.41, 5.74) is 4.17. The summed E-state index contributed by atoms with van der Waals surface area (Å²) in [4.78, 5) is 11.8. The third kappa shape index (κ3) is 5.35. The molecule has 126 valence electrons. The zero-order valence-electron chi connectivity index (χ0n) is 13.2. The van der Waals surface area contributed by atoms with Gasteiger partial charge in [0.2, 0.25) is 0 Å². The number of hydrogen-bond acceptors (Lipinski definition) is 4. The fourth-order valence-corrected chi connectivity index (χ4v) is 3.50. The van der Waals surface area contributed by atoms with E-state index in [2.05, 4.69) is 42.4 Å². The summed E-state index contributed by atoms with van der Waals surface area (Å²) in [7, 11) is 1.59. The van der Waals surface area contributed by atoms with Gasteiger partial charge in [0.05, 0.1) is 17.8 Å². The third-order valence-corrected chi connectivity index (χ3v) is 4.09. The predicted molar refractivity (Wildman–Crippen MR) is 101 cm³/mol. The van der Waals surface area contributed by atoms with Crippen LogP contribution < -0.4 is 14.9 Å². The Bertz CT molecular complexity index is 740. The second kappa shape index (κ2) is 8.84. The third-order valence-electron chi connectivity index (χ3n) is 3.04. The van der Waals surface area contributed by atoms with Crippen molar-refractivity contribution in [2.45, 2.75) is 6.92 Å². The standard InChI is InChI=1S/C17H16Br2N2O3/c1-11-6-13(18)8-15(19)17(11)24-10-16(22)21-20-9-12-4-3-5-14(7-12)23-2/h3-9H,10H2,1-2H3,(H,21,22). The van der Waals surface area contributed by atoms with Gasteiger partial charge >= 0.3 is 0 Å². The average Bonchev–Trinajstić information content (AvgIpc) is 2.54. The summed E-state index contributed by atoms with van der Waals surface area (Å²) in [5, 5.41) is 3.91. The molecule has 2 aromatic carbocycles. The number of ether oxygens (including phenoxy) is 2. The molecule has 0 bridgehead atoms. The van der Waals surface area contributed by atoms with Gasteiger partial charge in [-0.2, -0.15) is 5.10 Å². The molecule has 0 unspecified atom stereocenters. The molecule has 0 radical (unpaired) electrons. The lowest BCUT2D eigenvalue weighted by molar-refractivity contribution is -0.123. The lowest BCUT2D eigenvalue weighted by atomic mass is 10.2. The highest BCUT2D eigenvalue weighted by Crippen LogP contribution is 2.32. The van der Waals surface area contributed by atoms with Crippen LogP contribution in [0, 0.1) is 6.92 Å². The Morgan fingerprint density at radius 1 is 1.29 bits per heavy atom. The topological polar surface area (TPSA) is 59.9 Å². The molecule has 5 nitrogen and oxygen atoms in total. The predicted octanol–water partition coefficient (Wildman–Crippen LogP) is 4.06. The van der Waals surface area contributed by atoms with Gasteiger partial charge in [-0.15, -0.1) is 0 Å². The lowest BCUT2D eigenvalue weighted by Crippen LogP contribution is -2.24. The summed E-state index contributed by atoms with van der Waals surface area (Å²) < 4.78 is 12.4. The molecule has 0 aliphatic heterocycles. The number of aryl methyl sites for hydroxylation is 1. The highest BCUT2D eigenvalue weighted by molar-refractivity contribution is 9.11. The SMILES string of the molecule is COc1cccc(C=NNC(=O)COc2c(C)cc(Br)cc2Br)c1. The van der Waals surface area contributed by atoms with Crippen LogP contribution in [0.1, 0.15) is 11.1 Å². The fourth-order valence-electron chi connectivity index (χ4n) is 1.94. The molecule has 0 aliphatic rings. The molecule has 1 N–H and O–H groups in total. The van der Waals surface area contributed by atoms with Crippen molar-refractivity contribution in [3.63, 3.8) is 0 Å². The van der Waals surface area contributed by atoms with Gasteiger partial charge in [-0.1, -0.05) is 28.1 Å². The molecule has 0 saturated heterocycles. The molecule has 7 heteroatoms. The molecule has 0 saturated carbocycles. The first-order chi connectivity index (χ1) is 11.5. The molecule has 0 aliphatic carbocycles. The summed E-state index contributed by atoms with van der Waals surface area (Å²) in [6.45, 7) is 1.78. The summed E-state index contributed by atoms with van der Waals surface area (Å²) >= 11 is 6.82. The van der Waals surface area contributed by atoms with Gasteiger partial charge in [0.25, 0.3) is 5.91 Å². The molecule has 1 amide bonds. The molecule has 24 heavy (non-hydrogen) atoms. The number of nitrogens with one attached hydrogen (secondary N) is 1. The van der Waals surface area contributed by atoms with E-state index in [-0.39, 0.29) is 12.5 Å². The number of benzene rings is 2. The van der Waals surface area contributed by atoms with E-state index in [1.54, 1.807) is 13.3 Å². The van der Waals surface area contributed by atoms with Crippen molar-refractivity contribution in [2.75, 3.05) is 13.7 Å². The number of hydrogen-bond donors (Lipinski definition) is 1. The maximum Gasteiger partial charge on any atom is 0.277 e. The molecular formula is C17H16Br2N2O3. The maximum atomic E-state index is 11.8. The minimum absolute atomic E-state index is 0.128. The average molecular weight is 456 g/mol. The van der Waals surface area contributed by atoms with Gasteiger partial charge in [0, 0.05) is 4.47 Å². The Hall–Kier alpha value is -1.86. The molecular weight excluding hydrogens is 440 g/mol. The number of methoxy groups -OCH3 is 1. The second-order valence-corrected chi connectivity index (χ2v) is 6.66. The number of rotatable bonds is 6. The van der Waals surface area contributed by atoms with E-state index in [0.717, 1.165) is 25.8 Å². The van der Waals surface area contributed by atoms with E-state index in [4.69, 9.17) is 9.47 Å². The zero-order chi connectivity index (χ0) is 17.5. The monoisotopic (exact) mass is 454 g/mol. The van der Waals surface area contributed by atoms with Crippen LogP contribution >= 0.6 is 31.9 Å². The summed E-state index contributed by atoms with van der Waals surface area (Å²) in [6, 6.07) is 11.1. The van der Waals surface area contributed by atoms with Crippen LogP contribution in [-0.2, 0) is 4.79 Å². The van der Waals surface area contributed by atoms with E-state index < -0.39 is 0 Å². The van der Waals surface area contributed by atoms with E-state index >= 15 is 0 Å². The van der Waals surface area contributed by atoms with Crippen LogP contribution in [0.15, 0.2) is 50.4 Å². The highest BCUT2D eigenvalue weighted by Gasteiger charge is 2.09. The Morgan fingerprint density at radius 3 is 2.79 bits per heavy atom. The lowest BCUT2D eigenvalue weighted by Gasteiger charge is -2.10. The highest BCUT2D eigenvalue weighted by atomic mass is 79.9. The van der Waals surface area contributed by atoms with Crippen LogP contribution in [0.3, 0.4) is 0 Å². The van der Waals surface area contributed by atoms with E-state index in [1.165, 1.54) is 0 Å². The van der Waals surface area contributed by atoms with Gasteiger partial charge < -0.3 is 9.47 Å². The van der Waals surface area contributed by atoms with Crippen LogP contribution in [0.4, 0.5) is 0 Å². The van der Waals surface area contributed by atoms with Crippen LogP contribution in [0.25, 0.3) is 0 Å². The van der Waals surface area contributed by atoms with Gasteiger partial charge in [-0.05, 0) is 58.2 Å². The number of halogens is 2. The normalized spacial score (nSPS) is 10.7. The Balaban J connectivity index is 1.89. The first kappa shape index (κ1) is 18.5. The van der Waals surface area contributed by atoms with E-state index in [0.29, 0.717) is 5.75 Å². The summed E-state index contributed by atoms with van der Waals surface area (Å²) in [5.74, 6) is 1.01. The number of nitrogens with zero attached hydrogens (tertiary/aromatic N) is 1. The Kier molecular flexibility index (Phi) is 6.81. The Morgan fingerprint density at radius 2 is 2.08 bits per heavy atom. The minimum Gasteiger partial charge on any atom is -0.497 e. The van der Waals surface area contributed by atoms with Crippen molar-refractivity contribution < 1.29 is 14.3 Å². The molecule has 0 atom stereocenters. The first-order valence-electron chi connectivity index (χ1n) is 7.04. The molecule has 0 fully saturated rings. The quantitative estimate of drug-likeness (QED) is 0.527. The Labute approximate surface area is 157 Å². The van der Waals surface area contributed by atoms with E-state index in [9.17, 15) is 4.79 Å². The number of hydrazone groups is 1. The molecule has 2 aromatic rings. The number of amides is 1. The van der Waals surface area contributed by atoms with Gasteiger partial charge in [0.15, 0.2) is 6.61 Å². The second-order valence-electron chi connectivity index (χ2n) is 4.89. The van der Waals surface area contributed by atoms with Crippen molar-refractivity contribution in [1.82, 2.24) is 5.43 Å². The zero-order valence-corrected chi connectivity index (χ0v) is 16.3. The molecule has 0 spiro atoms. The smallest absolute Gasteiger partial charge is 0.277 e. The molecule has 0 heterocycles. The van der Waals surface area contributed by atoms with Gasteiger partial charge in [-0.25, -0.2) is 5.43 Å². The fraction of sp³-hybridized carbons (Fsp3) is 0.176. The van der Waals surface area contributed by atoms with E-state index in [1.807, 2.05) is 43.3 Å². The van der Waals surface area contributed by atoms with Crippen molar-refractivity contribution in [2.24, 2.45) is 5.10 Å². The van der Waals surface area contributed by atoms with Crippen molar-refractivity contribution in [3.05, 3.63) is 56.5 Å². The van der Waals surface area contributed by atoms with Crippen LogP contribution in [0.5, 0.6) is 11.5 Å². The molecule has 0 aromatic heterocycles. The number of carbonyl (C=O) groups excluding carboxylic acids is 1. The van der Waals surface area contributed by atoms with Gasteiger partial charge in [-0.3, -0.25) is 4.79 Å².